The van der Waals surface area contributed by atoms with E-state index in [4.69, 9.17) is 27.9 Å². The highest BCUT2D eigenvalue weighted by Gasteiger charge is 2.15. The maximum atomic E-state index is 12.1. The molecule has 0 saturated heterocycles. The quantitative estimate of drug-likeness (QED) is 0.476. The zero-order valence-corrected chi connectivity index (χ0v) is 15.8. The number of aromatic hydroxyl groups is 1. The second-order valence-corrected chi connectivity index (χ2v) is 6.64. The van der Waals surface area contributed by atoms with E-state index in [9.17, 15) is 9.90 Å². The number of fused-ring (bicyclic) bond motifs is 1. The van der Waals surface area contributed by atoms with Gasteiger partial charge in [-0.1, -0.05) is 53.5 Å². The number of phenolic OH excluding ortho intramolecular Hbond substituents is 1. The summed E-state index contributed by atoms with van der Waals surface area (Å²) in [6.07, 6.45) is 0.549. The molecular formula is C20H16Cl2N2O3. The van der Waals surface area contributed by atoms with Crippen molar-refractivity contribution in [3.8, 4) is 11.5 Å². The van der Waals surface area contributed by atoms with Gasteiger partial charge in [0.2, 0.25) is 0 Å². The largest absolute Gasteiger partial charge is 0.507 e. The van der Waals surface area contributed by atoms with Gasteiger partial charge in [-0.25, -0.2) is 5.43 Å². The number of amides is 1. The Labute approximate surface area is 166 Å². The minimum Gasteiger partial charge on any atom is -0.507 e. The molecule has 0 aliphatic carbocycles. The van der Waals surface area contributed by atoms with Crippen LogP contribution in [-0.4, -0.2) is 23.3 Å². The van der Waals surface area contributed by atoms with Crippen molar-refractivity contribution in [1.29, 1.82) is 0 Å². The van der Waals surface area contributed by atoms with Crippen LogP contribution in [0.15, 0.2) is 59.7 Å². The van der Waals surface area contributed by atoms with Crippen molar-refractivity contribution in [3.63, 3.8) is 0 Å². The van der Waals surface area contributed by atoms with E-state index in [0.717, 1.165) is 5.39 Å². The fraction of sp³-hybridized carbons (Fsp3) is 0.100. The van der Waals surface area contributed by atoms with Crippen LogP contribution in [0.5, 0.6) is 11.5 Å². The molecule has 0 heterocycles. The second-order valence-electron chi connectivity index (χ2n) is 5.79. The smallest absolute Gasteiger partial charge is 0.280 e. The summed E-state index contributed by atoms with van der Waals surface area (Å²) in [6.45, 7) is 1.57. The average molecular weight is 403 g/mol. The van der Waals surface area contributed by atoms with Gasteiger partial charge in [-0.15, -0.1) is 0 Å². The van der Waals surface area contributed by atoms with Crippen LogP contribution in [0.3, 0.4) is 0 Å². The first-order valence-corrected chi connectivity index (χ1v) is 8.86. The van der Waals surface area contributed by atoms with Crippen LogP contribution in [-0.2, 0) is 4.79 Å². The second kappa shape index (κ2) is 8.29. The SMILES string of the molecule is CC(Oc1ccc(Cl)cc1Cl)C(=O)N/N=C/c1ccc2ccccc2c1O. The molecule has 1 unspecified atom stereocenters. The Hall–Kier alpha value is -2.76. The molecular weight excluding hydrogens is 387 g/mol. The summed E-state index contributed by atoms with van der Waals surface area (Å²) in [5.74, 6) is -0.0132. The van der Waals surface area contributed by atoms with Crippen LogP contribution in [0, 0.1) is 0 Å². The highest BCUT2D eigenvalue weighted by Crippen LogP contribution is 2.29. The number of benzene rings is 3. The molecule has 3 aromatic rings. The van der Waals surface area contributed by atoms with Crippen molar-refractivity contribution >= 4 is 46.1 Å². The number of hydrogen-bond acceptors (Lipinski definition) is 4. The first-order valence-electron chi connectivity index (χ1n) is 8.11. The zero-order valence-electron chi connectivity index (χ0n) is 14.3. The number of hydrogen-bond donors (Lipinski definition) is 2. The molecule has 3 aromatic carbocycles. The fourth-order valence-electron chi connectivity index (χ4n) is 2.45. The molecule has 0 aromatic heterocycles. The topological polar surface area (TPSA) is 70.9 Å². The van der Waals surface area contributed by atoms with E-state index < -0.39 is 12.0 Å². The van der Waals surface area contributed by atoms with Crippen molar-refractivity contribution in [2.45, 2.75) is 13.0 Å². The van der Waals surface area contributed by atoms with Crippen LogP contribution in [0.25, 0.3) is 10.8 Å². The maximum Gasteiger partial charge on any atom is 0.280 e. The predicted octanol–water partition coefficient (Wildman–Crippen LogP) is 4.77. The molecule has 5 nitrogen and oxygen atoms in total. The van der Waals surface area contributed by atoms with E-state index in [-0.39, 0.29) is 5.75 Å². The first kappa shape index (κ1) is 19.0. The van der Waals surface area contributed by atoms with Gasteiger partial charge >= 0.3 is 0 Å². The van der Waals surface area contributed by atoms with Gasteiger partial charge in [-0.05, 0) is 36.6 Å². The Kier molecular flexibility index (Phi) is 5.84. The van der Waals surface area contributed by atoms with Gasteiger partial charge in [0.15, 0.2) is 6.10 Å². The standard InChI is InChI=1S/C20H16Cl2N2O3/c1-12(27-18-9-8-15(21)10-17(18)22)20(26)24-23-11-14-7-6-13-4-2-3-5-16(13)19(14)25/h2-12,25H,1H3,(H,24,26)/b23-11+. The van der Waals surface area contributed by atoms with E-state index in [1.807, 2.05) is 30.3 Å². The maximum absolute atomic E-state index is 12.1. The van der Waals surface area contributed by atoms with Gasteiger partial charge in [-0.3, -0.25) is 4.79 Å². The van der Waals surface area contributed by atoms with E-state index in [1.165, 1.54) is 12.3 Å². The number of hydrazone groups is 1. The molecule has 138 valence electrons. The molecule has 0 spiro atoms. The number of carbonyl (C=O) groups is 1. The Morgan fingerprint density at radius 1 is 1.19 bits per heavy atom. The lowest BCUT2D eigenvalue weighted by molar-refractivity contribution is -0.127. The Balaban J connectivity index is 1.65. The van der Waals surface area contributed by atoms with E-state index in [2.05, 4.69) is 10.5 Å². The minimum atomic E-state index is -0.828. The molecule has 0 bridgehead atoms. The summed E-state index contributed by atoms with van der Waals surface area (Å²) in [5, 5.41) is 16.6. The van der Waals surface area contributed by atoms with Crippen LogP contribution in [0.1, 0.15) is 12.5 Å². The number of ether oxygens (including phenoxy) is 1. The van der Waals surface area contributed by atoms with Crippen molar-refractivity contribution in [2.75, 3.05) is 0 Å². The summed E-state index contributed by atoms with van der Waals surface area (Å²) >= 11 is 11.9. The van der Waals surface area contributed by atoms with Gasteiger partial charge in [0.05, 0.1) is 11.2 Å². The van der Waals surface area contributed by atoms with Crippen LogP contribution in [0.2, 0.25) is 10.0 Å². The lowest BCUT2D eigenvalue weighted by Crippen LogP contribution is -2.33. The van der Waals surface area contributed by atoms with Gasteiger partial charge in [0.1, 0.15) is 11.5 Å². The Morgan fingerprint density at radius 3 is 2.74 bits per heavy atom. The number of carbonyl (C=O) groups excluding carboxylic acids is 1. The van der Waals surface area contributed by atoms with E-state index in [0.29, 0.717) is 26.7 Å². The van der Waals surface area contributed by atoms with E-state index >= 15 is 0 Å². The average Bonchev–Trinajstić information content (AvgIpc) is 2.66. The molecule has 0 aliphatic heterocycles. The van der Waals surface area contributed by atoms with Crippen molar-refractivity contribution in [1.82, 2.24) is 5.43 Å². The van der Waals surface area contributed by atoms with Crippen molar-refractivity contribution in [2.24, 2.45) is 5.10 Å². The third kappa shape index (κ3) is 4.51. The Morgan fingerprint density at radius 2 is 1.96 bits per heavy atom. The molecule has 2 N–H and O–H groups in total. The van der Waals surface area contributed by atoms with Gasteiger partial charge in [0, 0.05) is 16.0 Å². The number of nitrogens with zero attached hydrogens (tertiary/aromatic N) is 1. The van der Waals surface area contributed by atoms with E-state index in [1.54, 1.807) is 25.1 Å². The summed E-state index contributed by atoms with van der Waals surface area (Å²) < 4.78 is 5.52. The summed E-state index contributed by atoms with van der Waals surface area (Å²) in [7, 11) is 0. The van der Waals surface area contributed by atoms with Gasteiger partial charge in [0.25, 0.3) is 5.91 Å². The number of phenols is 1. The molecule has 7 heteroatoms. The lowest BCUT2D eigenvalue weighted by Gasteiger charge is -2.14. The molecule has 0 saturated carbocycles. The molecule has 0 fully saturated rings. The third-order valence-electron chi connectivity index (χ3n) is 3.88. The predicted molar refractivity (Wildman–Crippen MR) is 108 cm³/mol. The van der Waals surface area contributed by atoms with Gasteiger partial charge in [-0.2, -0.15) is 5.10 Å². The molecule has 3 rings (SSSR count). The summed E-state index contributed by atoms with van der Waals surface area (Å²) in [5.41, 5.74) is 2.87. The minimum absolute atomic E-state index is 0.100. The number of rotatable bonds is 5. The van der Waals surface area contributed by atoms with Crippen molar-refractivity contribution in [3.05, 3.63) is 70.2 Å². The molecule has 1 amide bonds. The molecule has 0 aliphatic rings. The molecule has 27 heavy (non-hydrogen) atoms. The third-order valence-corrected chi connectivity index (χ3v) is 4.41. The molecule has 1 atom stereocenters. The normalized spacial score (nSPS) is 12.3. The Bertz CT molecular complexity index is 1020. The first-order chi connectivity index (χ1) is 13.0. The fourth-order valence-corrected chi connectivity index (χ4v) is 2.90. The van der Waals surface area contributed by atoms with Crippen LogP contribution in [0.4, 0.5) is 0 Å². The zero-order chi connectivity index (χ0) is 19.4. The summed E-state index contributed by atoms with van der Waals surface area (Å²) in [4.78, 5) is 12.1. The molecule has 0 radical (unpaired) electrons. The lowest BCUT2D eigenvalue weighted by atomic mass is 10.1. The monoisotopic (exact) mass is 402 g/mol. The number of nitrogens with one attached hydrogen (secondary N) is 1. The van der Waals surface area contributed by atoms with Crippen LogP contribution >= 0.6 is 23.2 Å². The van der Waals surface area contributed by atoms with Crippen molar-refractivity contribution < 1.29 is 14.6 Å². The van der Waals surface area contributed by atoms with Crippen LogP contribution < -0.4 is 10.2 Å². The van der Waals surface area contributed by atoms with Gasteiger partial charge < -0.3 is 9.84 Å². The summed E-state index contributed by atoms with van der Waals surface area (Å²) in [6, 6.07) is 15.8. The highest BCUT2D eigenvalue weighted by atomic mass is 35.5. The number of halogens is 2. The highest BCUT2D eigenvalue weighted by molar-refractivity contribution is 6.35.